The number of pyridine rings is 1. The van der Waals surface area contributed by atoms with Gasteiger partial charge in [-0.3, -0.25) is 0 Å². The molecule has 0 aliphatic carbocycles. The number of hydrogen-bond acceptors (Lipinski definition) is 6. The molecule has 2 aliphatic heterocycles. The van der Waals surface area contributed by atoms with E-state index in [-0.39, 0.29) is 24.0 Å². The second kappa shape index (κ2) is 12.1. The molecule has 32 heavy (non-hydrogen) atoms. The van der Waals surface area contributed by atoms with E-state index in [9.17, 15) is 0 Å². The third-order valence-electron chi connectivity index (χ3n) is 5.41. The Morgan fingerprint density at radius 2 is 1.84 bits per heavy atom. The summed E-state index contributed by atoms with van der Waals surface area (Å²) in [5.74, 6) is 3.32. The SMILES string of the molecule is CCNC(=NCc1ccc(N2CCN(C)CC2)nc1)Nc1ccc2c(c1)OCCCO2.I. The van der Waals surface area contributed by atoms with Gasteiger partial charge in [-0.1, -0.05) is 6.07 Å². The van der Waals surface area contributed by atoms with Gasteiger partial charge in [0.2, 0.25) is 0 Å². The van der Waals surface area contributed by atoms with E-state index in [0.29, 0.717) is 19.8 Å². The molecule has 0 unspecified atom stereocenters. The average Bonchev–Trinajstić information content (AvgIpc) is 3.04. The molecular weight excluding hydrogens is 519 g/mol. The van der Waals surface area contributed by atoms with Crippen molar-refractivity contribution in [3.63, 3.8) is 0 Å². The molecule has 1 saturated heterocycles. The number of fused-ring (bicyclic) bond motifs is 1. The summed E-state index contributed by atoms with van der Waals surface area (Å²) in [5.41, 5.74) is 1.99. The summed E-state index contributed by atoms with van der Waals surface area (Å²) < 4.78 is 11.5. The van der Waals surface area contributed by atoms with E-state index in [1.165, 1.54) is 0 Å². The maximum absolute atomic E-state index is 5.79. The lowest BCUT2D eigenvalue weighted by molar-refractivity contribution is 0.297. The van der Waals surface area contributed by atoms with Crippen molar-refractivity contribution in [2.45, 2.75) is 19.9 Å². The van der Waals surface area contributed by atoms with Crippen LogP contribution in [0.15, 0.2) is 41.5 Å². The first kappa shape index (κ1) is 24.4. The molecule has 8 nitrogen and oxygen atoms in total. The maximum Gasteiger partial charge on any atom is 0.196 e. The van der Waals surface area contributed by atoms with Gasteiger partial charge in [0.25, 0.3) is 0 Å². The molecule has 2 aromatic rings. The minimum atomic E-state index is 0. The quantitative estimate of drug-likeness (QED) is 0.336. The van der Waals surface area contributed by atoms with Crippen LogP contribution in [0.5, 0.6) is 11.5 Å². The molecule has 4 rings (SSSR count). The number of likely N-dealkylation sites (N-methyl/N-ethyl adjacent to an activating group) is 1. The third-order valence-corrected chi connectivity index (χ3v) is 5.41. The number of nitrogens with zero attached hydrogens (tertiary/aromatic N) is 4. The number of rotatable bonds is 5. The first-order valence-corrected chi connectivity index (χ1v) is 11.0. The van der Waals surface area contributed by atoms with Gasteiger partial charge in [0.1, 0.15) is 5.82 Å². The Morgan fingerprint density at radius 3 is 2.56 bits per heavy atom. The normalized spacial score (nSPS) is 16.7. The zero-order valence-electron chi connectivity index (χ0n) is 18.8. The molecule has 2 aliphatic rings. The third kappa shape index (κ3) is 6.61. The highest BCUT2D eigenvalue weighted by molar-refractivity contribution is 14.0. The lowest BCUT2D eigenvalue weighted by Crippen LogP contribution is -2.44. The fourth-order valence-electron chi connectivity index (χ4n) is 3.59. The molecule has 1 aromatic heterocycles. The van der Waals surface area contributed by atoms with E-state index in [4.69, 9.17) is 14.5 Å². The van der Waals surface area contributed by atoms with Gasteiger partial charge in [-0.25, -0.2) is 9.98 Å². The predicted octanol–water partition coefficient (Wildman–Crippen LogP) is 3.19. The number of benzene rings is 1. The van der Waals surface area contributed by atoms with E-state index in [0.717, 1.165) is 73.7 Å². The van der Waals surface area contributed by atoms with Crippen molar-refractivity contribution >= 4 is 41.4 Å². The summed E-state index contributed by atoms with van der Waals surface area (Å²) in [6.07, 6.45) is 2.82. The fourth-order valence-corrected chi connectivity index (χ4v) is 3.59. The van der Waals surface area contributed by atoms with E-state index in [2.05, 4.69) is 51.5 Å². The van der Waals surface area contributed by atoms with Gasteiger partial charge in [-0.05, 0) is 37.7 Å². The summed E-state index contributed by atoms with van der Waals surface area (Å²) in [7, 11) is 2.16. The van der Waals surface area contributed by atoms with Crippen LogP contribution in [0.25, 0.3) is 0 Å². The van der Waals surface area contributed by atoms with Crippen molar-refractivity contribution in [3.05, 3.63) is 42.1 Å². The van der Waals surface area contributed by atoms with Crippen LogP contribution in [0.4, 0.5) is 11.5 Å². The number of aromatic nitrogens is 1. The highest BCUT2D eigenvalue weighted by atomic mass is 127. The van der Waals surface area contributed by atoms with Crippen molar-refractivity contribution in [1.82, 2.24) is 15.2 Å². The smallest absolute Gasteiger partial charge is 0.196 e. The molecule has 0 saturated carbocycles. The second-order valence-electron chi connectivity index (χ2n) is 7.85. The van der Waals surface area contributed by atoms with Crippen LogP contribution in [-0.4, -0.2) is 68.8 Å². The number of ether oxygens (including phenoxy) is 2. The average molecular weight is 552 g/mol. The van der Waals surface area contributed by atoms with E-state index in [1.54, 1.807) is 0 Å². The lowest BCUT2D eigenvalue weighted by Gasteiger charge is -2.33. The summed E-state index contributed by atoms with van der Waals surface area (Å²) in [6.45, 7) is 8.92. The van der Waals surface area contributed by atoms with Crippen LogP contribution in [0.1, 0.15) is 18.9 Å². The summed E-state index contributed by atoms with van der Waals surface area (Å²) in [6, 6.07) is 10.1. The van der Waals surface area contributed by atoms with Gasteiger partial charge >= 0.3 is 0 Å². The van der Waals surface area contributed by atoms with Crippen LogP contribution in [0.2, 0.25) is 0 Å². The number of halogens is 1. The lowest BCUT2D eigenvalue weighted by atomic mass is 10.2. The molecule has 3 heterocycles. The van der Waals surface area contributed by atoms with E-state index < -0.39 is 0 Å². The van der Waals surface area contributed by atoms with Crippen molar-refractivity contribution < 1.29 is 9.47 Å². The summed E-state index contributed by atoms with van der Waals surface area (Å²) >= 11 is 0. The van der Waals surface area contributed by atoms with Crippen LogP contribution in [0, 0.1) is 0 Å². The van der Waals surface area contributed by atoms with Crippen molar-refractivity contribution in [3.8, 4) is 11.5 Å². The van der Waals surface area contributed by atoms with E-state index >= 15 is 0 Å². The Balaban J connectivity index is 0.00000289. The molecule has 0 atom stereocenters. The number of hydrogen-bond donors (Lipinski definition) is 2. The topological polar surface area (TPSA) is 74.3 Å². The first-order chi connectivity index (χ1) is 15.2. The Bertz CT molecular complexity index is 885. The largest absolute Gasteiger partial charge is 0.490 e. The molecular formula is C23H33IN6O2. The van der Waals surface area contributed by atoms with E-state index in [1.807, 2.05) is 24.4 Å². The molecule has 1 aromatic carbocycles. The highest BCUT2D eigenvalue weighted by Crippen LogP contribution is 2.32. The van der Waals surface area contributed by atoms with Crippen LogP contribution in [-0.2, 0) is 6.54 Å². The van der Waals surface area contributed by atoms with Gasteiger partial charge in [-0.15, -0.1) is 24.0 Å². The molecule has 174 valence electrons. The molecule has 0 spiro atoms. The second-order valence-corrected chi connectivity index (χ2v) is 7.85. The Labute approximate surface area is 207 Å². The number of anilines is 2. The molecule has 9 heteroatoms. The molecule has 0 amide bonds. The van der Waals surface area contributed by atoms with Gasteiger partial charge in [-0.2, -0.15) is 0 Å². The molecule has 0 radical (unpaired) electrons. The maximum atomic E-state index is 5.79. The van der Waals surface area contributed by atoms with Crippen LogP contribution in [0.3, 0.4) is 0 Å². The molecule has 2 N–H and O–H groups in total. The Kier molecular flexibility index (Phi) is 9.22. The standard InChI is InChI=1S/C23H32N6O2.HI/c1-3-24-23(27-19-6-7-20-21(15-19)31-14-4-13-30-20)26-17-18-5-8-22(25-16-18)29-11-9-28(2)10-12-29;/h5-8,15-16H,3-4,9-14,17H2,1-2H3,(H2,24,26,27);1H. The van der Waals surface area contributed by atoms with Gasteiger partial charge in [0.05, 0.1) is 19.8 Å². The zero-order chi connectivity index (χ0) is 21.5. The summed E-state index contributed by atoms with van der Waals surface area (Å²) in [5, 5.41) is 6.65. The fraction of sp³-hybridized carbons (Fsp3) is 0.478. The van der Waals surface area contributed by atoms with Gasteiger partial charge < -0.3 is 29.9 Å². The van der Waals surface area contributed by atoms with Crippen LogP contribution >= 0.6 is 24.0 Å². The van der Waals surface area contributed by atoms with Crippen molar-refractivity contribution in [2.24, 2.45) is 4.99 Å². The summed E-state index contributed by atoms with van der Waals surface area (Å²) in [4.78, 5) is 14.1. The Morgan fingerprint density at radius 1 is 1.06 bits per heavy atom. The minimum absolute atomic E-state index is 0. The van der Waals surface area contributed by atoms with Gasteiger partial charge in [0.15, 0.2) is 17.5 Å². The number of nitrogens with one attached hydrogen (secondary N) is 2. The predicted molar refractivity (Wildman–Crippen MR) is 140 cm³/mol. The number of aliphatic imine (C=N–C) groups is 1. The van der Waals surface area contributed by atoms with Crippen molar-refractivity contribution in [1.29, 1.82) is 0 Å². The highest BCUT2D eigenvalue weighted by Gasteiger charge is 2.15. The minimum Gasteiger partial charge on any atom is -0.490 e. The Hall–Kier alpha value is -2.27. The van der Waals surface area contributed by atoms with Crippen LogP contribution < -0.4 is 25.0 Å². The van der Waals surface area contributed by atoms with Crippen molar-refractivity contribution in [2.75, 3.05) is 63.2 Å². The number of piperazine rings is 1. The zero-order valence-corrected chi connectivity index (χ0v) is 21.2. The number of guanidine groups is 1. The molecule has 0 bridgehead atoms. The first-order valence-electron chi connectivity index (χ1n) is 11.0. The molecule has 1 fully saturated rings. The monoisotopic (exact) mass is 552 g/mol. The van der Waals surface area contributed by atoms with Gasteiger partial charge in [0, 0.05) is 57.1 Å².